The van der Waals surface area contributed by atoms with E-state index in [0.717, 1.165) is 18.7 Å². The Balaban J connectivity index is 1.48. The molecule has 1 amide bonds. The molecular weight excluding hydrogens is 328 g/mol. The third kappa shape index (κ3) is 4.17. The Labute approximate surface area is 146 Å². The molecule has 0 radical (unpaired) electrons. The number of hydrogen-bond donors (Lipinski definition) is 1. The molecule has 6 heteroatoms. The van der Waals surface area contributed by atoms with Gasteiger partial charge < -0.3 is 14.4 Å². The van der Waals surface area contributed by atoms with Crippen LogP contribution in [-0.4, -0.2) is 53.5 Å². The molecule has 1 aliphatic heterocycles. The number of piperazine rings is 1. The van der Waals surface area contributed by atoms with E-state index >= 15 is 0 Å². The molecule has 1 N–H and O–H groups in total. The summed E-state index contributed by atoms with van der Waals surface area (Å²) in [4.78, 5) is 16.4. The summed E-state index contributed by atoms with van der Waals surface area (Å²) in [5.74, 6) is 0.668. The van der Waals surface area contributed by atoms with Gasteiger partial charge in [-0.2, -0.15) is 0 Å². The molecule has 2 aromatic rings. The normalized spacial score (nSPS) is 17.0. The summed E-state index contributed by atoms with van der Waals surface area (Å²) in [6.07, 6.45) is 1.25. The minimum absolute atomic E-state index is 0.0920. The second kappa shape index (κ2) is 7.83. The van der Waals surface area contributed by atoms with Crippen LogP contribution in [0.3, 0.4) is 0 Å². The Kier molecular flexibility index (Phi) is 5.56. The number of carbonyl (C=O) groups is 1. The third-order valence-corrected chi connectivity index (χ3v) is 4.70. The van der Waals surface area contributed by atoms with Gasteiger partial charge in [-0.15, -0.1) is 0 Å². The van der Waals surface area contributed by atoms with E-state index < -0.39 is 6.10 Å². The predicted molar refractivity (Wildman–Crippen MR) is 91.8 cm³/mol. The van der Waals surface area contributed by atoms with Crippen molar-refractivity contribution in [2.45, 2.75) is 12.5 Å². The van der Waals surface area contributed by atoms with E-state index in [1.807, 2.05) is 23.1 Å². The van der Waals surface area contributed by atoms with Gasteiger partial charge >= 0.3 is 0 Å². The zero-order chi connectivity index (χ0) is 16.9. The molecule has 0 aliphatic carbocycles. The Bertz CT molecular complexity index is 667. The van der Waals surface area contributed by atoms with E-state index in [9.17, 15) is 9.90 Å². The molecule has 3 rings (SSSR count). The second-order valence-electron chi connectivity index (χ2n) is 5.98. The van der Waals surface area contributed by atoms with Gasteiger partial charge in [-0.05, 0) is 23.8 Å². The molecule has 0 bridgehead atoms. The average Bonchev–Trinajstić information content (AvgIpc) is 3.12. The van der Waals surface area contributed by atoms with Crippen LogP contribution in [0.4, 0.5) is 0 Å². The Morgan fingerprint density at radius 3 is 2.58 bits per heavy atom. The summed E-state index contributed by atoms with van der Waals surface area (Å²) in [5, 5.41) is 10.8. The minimum Gasteiger partial charge on any atom is -0.467 e. The smallest absolute Gasteiger partial charge is 0.227 e. The van der Waals surface area contributed by atoms with Crippen LogP contribution in [0, 0.1) is 0 Å². The van der Waals surface area contributed by atoms with Gasteiger partial charge in [0.1, 0.15) is 11.9 Å². The summed E-state index contributed by atoms with van der Waals surface area (Å²) in [5.41, 5.74) is 0.861. The van der Waals surface area contributed by atoms with E-state index in [2.05, 4.69) is 4.90 Å². The molecule has 1 atom stereocenters. The maximum Gasteiger partial charge on any atom is 0.227 e. The van der Waals surface area contributed by atoms with E-state index in [1.54, 1.807) is 24.5 Å². The number of aliphatic hydroxyl groups excluding tert-OH is 1. The summed E-state index contributed by atoms with van der Waals surface area (Å²) in [7, 11) is 0. The summed E-state index contributed by atoms with van der Waals surface area (Å²) in [6.45, 7) is 3.32. The van der Waals surface area contributed by atoms with Crippen molar-refractivity contribution in [1.82, 2.24) is 9.80 Å². The molecular formula is C18H21ClN2O3. The lowest BCUT2D eigenvalue weighted by Gasteiger charge is -2.35. The number of aliphatic hydroxyl groups is 1. The first-order valence-electron chi connectivity index (χ1n) is 8.08. The monoisotopic (exact) mass is 348 g/mol. The van der Waals surface area contributed by atoms with Gasteiger partial charge in [0.15, 0.2) is 0 Å². The van der Waals surface area contributed by atoms with E-state index in [-0.39, 0.29) is 5.91 Å². The quantitative estimate of drug-likeness (QED) is 0.901. The van der Waals surface area contributed by atoms with Crippen molar-refractivity contribution in [2.75, 3.05) is 32.7 Å². The fraction of sp³-hybridized carbons (Fsp3) is 0.389. The van der Waals surface area contributed by atoms with Crippen LogP contribution in [0.25, 0.3) is 0 Å². The third-order valence-electron chi connectivity index (χ3n) is 4.33. The zero-order valence-corrected chi connectivity index (χ0v) is 14.2. The van der Waals surface area contributed by atoms with Crippen LogP contribution >= 0.6 is 11.6 Å². The van der Waals surface area contributed by atoms with E-state index in [1.165, 1.54) is 0 Å². The molecule has 128 valence electrons. The fourth-order valence-electron chi connectivity index (χ4n) is 2.91. The molecule has 0 spiro atoms. The number of benzene rings is 1. The zero-order valence-electron chi connectivity index (χ0n) is 13.4. The molecule has 1 aromatic carbocycles. The topological polar surface area (TPSA) is 56.9 Å². The molecule has 5 nitrogen and oxygen atoms in total. The largest absolute Gasteiger partial charge is 0.467 e. The van der Waals surface area contributed by atoms with E-state index in [4.69, 9.17) is 16.0 Å². The lowest BCUT2D eigenvalue weighted by Crippen LogP contribution is -2.50. The van der Waals surface area contributed by atoms with Crippen molar-refractivity contribution < 1.29 is 14.3 Å². The molecule has 1 aliphatic rings. The Hall–Kier alpha value is -1.82. The highest BCUT2D eigenvalue weighted by Gasteiger charge is 2.24. The van der Waals surface area contributed by atoms with Gasteiger partial charge in [0, 0.05) is 37.7 Å². The number of carbonyl (C=O) groups excluding carboxylic acids is 1. The SMILES string of the molecule is O=C(Cc1ccccc1Cl)N1CCN(CC(O)c2ccco2)CC1. The standard InChI is InChI=1S/C18H21ClN2O3/c19-15-5-2-1-4-14(15)12-18(23)21-9-7-20(8-10-21)13-16(22)17-6-3-11-24-17/h1-6,11,16,22H,7-10,12-13H2. The molecule has 24 heavy (non-hydrogen) atoms. The van der Waals surface area contributed by atoms with Crippen molar-refractivity contribution in [2.24, 2.45) is 0 Å². The average molecular weight is 349 g/mol. The number of furan rings is 1. The molecule has 1 fully saturated rings. The lowest BCUT2D eigenvalue weighted by molar-refractivity contribution is -0.132. The van der Waals surface area contributed by atoms with Crippen molar-refractivity contribution in [3.05, 3.63) is 59.0 Å². The molecule has 1 aromatic heterocycles. The summed E-state index contributed by atoms with van der Waals surface area (Å²) in [6, 6.07) is 11.0. The van der Waals surface area contributed by atoms with Crippen molar-refractivity contribution in [3.8, 4) is 0 Å². The summed E-state index contributed by atoms with van der Waals surface area (Å²) < 4.78 is 5.22. The van der Waals surface area contributed by atoms with Gasteiger partial charge in [-0.1, -0.05) is 29.8 Å². The Morgan fingerprint density at radius 1 is 1.17 bits per heavy atom. The number of amides is 1. The predicted octanol–water partition coefficient (Wildman–Crippen LogP) is 2.35. The van der Waals surface area contributed by atoms with Gasteiger partial charge in [-0.3, -0.25) is 9.69 Å². The van der Waals surface area contributed by atoms with Crippen LogP contribution in [-0.2, 0) is 11.2 Å². The number of hydrogen-bond acceptors (Lipinski definition) is 4. The van der Waals surface area contributed by atoms with Crippen LogP contribution in [0.15, 0.2) is 47.1 Å². The molecule has 1 saturated heterocycles. The van der Waals surface area contributed by atoms with E-state index in [0.29, 0.717) is 36.8 Å². The minimum atomic E-state index is -0.634. The van der Waals surface area contributed by atoms with Gasteiger partial charge in [0.2, 0.25) is 5.91 Å². The Morgan fingerprint density at radius 2 is 1.92 bits per heavy atom. The number of rotatable bonds is 5. The van der Waals surface area contributed by atoms with Crippen molar-refractivity contribution in [1.29, 1.82) is 0 Å². The molecule has 0 saturated carbocycles. The fourth-order valence-corrected chi connectivity index (χ4v) is 3.11. The lowest BCUT2D eigenvalue weighted by atomic mass is 10.1. The maximum atomic E-state index is 12.4. The first-order valence-corrected chi connectivity index (χ1v) is 8.46. The maximum absolute atomic E-state index is 12.4. The second-order valence-corrected chi connectivity index (χ2v) is 6.39. The first-order chi connectivity index (χ1) is 11.6. The van der Waals surface area contributed by atoms with Crippen molar-refractivity contribution >= 4 is 17.5 Å². The number of nitrogens with zero attached hydrogens (tertiary/aromatic N) is 2. The van der Waals surface area contributed by atoms with Gasteiger partial charge in [0.05, 0.1) is 12.7 Å². The van der Waals surface area contributed by atoms with Crippen LogP contribution in [0.5, 0.6) is 0 Å². The highest BCUT2D eigenvalue weighted by Crippen LogP contribution is 2.18. The van der Waals surface area contributed by atoms with Crippen LogP contribution in [0.1, 0.15) is 17.4 Å². The highest BCUT2D eigenvalue weighted by molar-refractivity contribution is 6.31. The number of halogens is 1. The number of β-amino-alcohol motifs (C(OH)–C–C–N with tert-alkyl or cyclic N) is 1. The molecule has 2 heterocycles. The van der Waals surface area contributed by atoms with Gasteiger partial charge in [-0.25, -0.2) is 0 Å². The first kappa shape index (κ1) is 17.0. The van der Waals surface area contributed by atoms with Crippen LogP contribution < -0.4 is 0 Å². The van der Waals surface area contributed by atoms with Crippen molar-refractivity contribution in [3.63, 3.8) is 0 Å². The van der Waals surface area contributed by atoms with Gasteiger partial charge in [0.25, 0.3) is 0 Å². The highest BCUT2D eigenvalue weighted by atomic mass is 35.5. The summed E-state index contributed by atoms with van der Waals surface area (Å²) >= 11 is 6.12. The molecule has 1 unspecified atom stereocenters. The van der Waals surface area contributed by atoms with Crippen LogP contribution in [0.2, 0.25) is 5.02 Å².